The molecule has 4 heterocycles. The van der Waals surface area contributed by atoms with Crippen molar-refractivity contribution in [2.75, 3.05) is 25.0 Å². The highest BCUT2D eigenvalue weighted by Gasteiger charge is 2.36. The van der Waals surface area contributed by atoms with Crippen LogP contribution in [0.5, 0.6) is 0 Å². The summed E-state index contributed by atoms with van der Waals surface area (Å²) in [5.74, 6) is -0.709. The van der Waals surface area contributed by atoms with Gasteiger partial charge in [-0.05, 0) is 80.1 Å². The van der Waals surface area contributed by atoms with E-state index in [0.717, 1.165) is 10.9 Å². The highest BCUT2D eigenvalue weighted by molar-refractivity contribution is 6.35. The molecule has 0 radical (unpaired) electrons. The minimum absolute atomic E-state index is 0.00790. The Labute approximate surface area is 328 Å². The second-order valence-corrected chi connectivity index (χ2v) is 14.7. The van der Waals surface area contributed by atoms with Crippen molar-refractivity contribution in [3.8, 4) is 0 Å². The van der Waals surface area contributed by atoms with Crippen LogP contribution in [0.25, 0.3) is 21.8 Å². The van der Waals surface area contributed by atoms with Gasteiger partial charge >= 0.3 is 0 Å². The summed E-state index contributed by atoms with van der Waals surface area (Å²) < 4.78 is 3.09. The zero-order valence-electron chi connectivity index (χ0n) is 30.8. The van der Waals surface area contributed by atoms with Crippen LogP contribution in [0, 0.1) is 5.92 Å². The third kappa shape index (κ3) is 9.29. The van der Waals surface area contributed by atoms with Crippen LogP contribution in [-0.2, 0) is 29.1 Å². The van der Waals surface area contributed by atoms with E-state index in [9.17, 15) is 24.3 Å². The third-order valence-electron chi connectivity index (χ3n) is 10.3. The predicted molar refractivity (Wildman–Crippen MR) is 214 cm³/mol. The number of pyridine rings is 1. The lowest BCUT2D eigenvalue weighted by molar-refractivity contribution is -0.140. The van der Waals surface area contributed by atoms with Gasteiger partial charge in [-0.3, -0.25) is 33.4 Å². The predicted octanol–water partition coefficient (Wildman–Crippen LogP) is 5.25. The first kappa shape index (κ1) is 38.4. The van der Waals surface area contributed by atoms with E-state index in [1.54, 1.807) is 76.7 Å². The number of piperidine rings is 1. The molecule has 13 nitrogen and oxygen atoms in total. The number of likely N-dealkylation sites (tertiary alicyclic amines) is 1. The van der Waals surface area contributed by atoms with Crippen molar-refractivity contribution < 1.29 is 19.5 Å². The lowest BCUT2D eigenvalue weighted by Crippen LogP contribution is -2.51. The molecule has 1 atom stereocenters. The number of anilines is 1. The Morgan fingerprint density at radius 3 is 2.48 bits per heavy atom. The number of nitrogens with zero attached hydrogens (tertiary/aromatic N) is 6. The van der Waals surface area contributed by atoms with Gasteiger partial charge in [-0.15, -0.1) is 0 Å². The first-order valence-corrected chi connectivity index (χ1v) is 19.2. The van der Waals surface area contributed by atoms with E-state index in [1.807, 2.05) is 30.3 Å². The van der Waals surface area contributed by atoms with Gasteiger partial charge in [-0.2, -0.15) is 5.10 Å². The molecule has 0 aliphatic carbocycles. The van der Waals surface area contributed by atoms with Crippen molar-refractivity contribution in [3.63, 3.8) is 0 Å². The Hall–Kier alpha value is -5.92. The summed E-state index contributed by atoms with van der Waals surface area (Å²) in [5.41, 5.74) is 1.64. The minimum atomic E-state index is -1.21. The smallest absolute Gasteiger partial charge is 0.261 e. The quantitative estimate of drug-likeness (QED) is 0.127. The second-order valence-electron chi connectivity index (χ2n) is 14.3. The number of fused-ring (bicyclic) bond motifs is 2. The largest absolute Gasteiger partial charge is 0.388 e. The lowest BCUT2D eigenvalue weighted by Gasteiger charge is -2.39. The second kappa shape index (κ2) is 17.3. The summed E-state index contributed by atoms with van der Waals surface area (Å²) in [6.45, 7) is 1.57. The molecule has 7 rings (SSSR count). The standard InChI is InChI=1S/C42H43ClN8O5/c43-35-13-19-44-36-25-30(9-11-33(35)36)39(53)45-17-4-8-31(24-29-6-2-1-3-7-29)40(54)49-22-15-42(56,16-23-49)27-50-28-46-37-26-32(10-12-34(37)41(50)55)48-38(52)14-21-51-20-5-18-47-51/h1-3,5-7,9-13,18-20,25-26,28,31,56H,4,8,14-17,21-24,27H2,(H,45,53)(H,48,52). The van der Waals surface area contributed by atoms with E-state index in [0.29, 0.717) is 91.0 Å². The van der Waals surface area contributed by atoms with Crippen LogP contribution >= 0.6 is 11.6 Å². The Morgan fingerprint density at radius 1 is 0.911 bits per heavy atom. The normalized spacial score (nSPS) is 14.4. The number of benzene rings is 3. The van der Waals surface area contributed by atoms with E-state index in [-0.39, 0.29) is 42.2 Å². The van der Waals surface area contributed by atoms with E-state index < -0.39 is 5.60 Å². The number of amides is 3. The number of nitrogens with one attached hydrogen (secondary N) is 2. The first-order chi connectivity index (χ1) is 27.1. The molecule has 3 amide bonds. The van der Waals surface area contributed by atoms with Gasteiger partial charge in [-0.25, -0.2) is 4.98 Å². The summed E-state index contributed by atoms with van der Waals surface area (Å²) >= 11 is 6.25. The molecule has 3 N–H and O–H groups in total. The number of carbonyl (C=O) groups excluding carboxylic acids is 3. The zero-order valence-corrected chi connectivity index (χ0v) is 31.6. The maximum absolute atomic E-state index is 14.0. The summed E-state index contributed by atoms with van der Waals surface area (Å²) in [6.07, 6.45) is 9.04. The Kier molecular flexibility index (Phi) is 11.8. The molecule has 3 aromatic carbocycles. The summed E-state index contributed by atoms with van der Waals surface area (Å²) in [5, 5.41) is 23.3. The van der Waals surface area contributed by atoms with Crippen LogP contribution in [0.4, 0.5) is 5.69 Å². The van der Waals surface area contributed by atoms with Crippen LogP contribution in [0.15, 0.2) is 109 Å². The molecule has 1 unspecified atom stereocenters. The SMILES string of the molecule is O=C(CCn1cccn1)Nc1ccc2c(=O)n(CC3(O)CCN(C(=O)C(CCCNC(=O)c4ccc5c(Cl)ccnc5c4)Cc4ccccc4)CC3)cnc2c1. The number of aromatic nitrogens is 5. The Bertz CT molecular complexity index is 2390. The van der Waals surface area contributed by atoms with Crippen molar-refractivity contribution in [1.82, 2.24) is 34.5 Å². The average Bonchev–Trinajstić information content (AvgIpc) is 3.74. The molecule has 56 heavy (non-hydrogen) atoms. The molecule has 1 saturated heterocycles. The van der Waals surface area contributed by atoms with Gasteiger partial charge in [0.1, 0.15) is 0 Å². The molecular weight excluding hydrogens is 732 g/mol. The molecule has 6 aromatic rings. The van der Waals surface area contributed by atoms with Crippen molar-refractivity contribution >= 4 is 56.8 Å². The van der Waals surface area contributed by atoms with Crippen molar-refractivity contribution in [2.24, 2.45) is 5.92 Å². The van der Waals surface area contributed by atoms with Crippen LogP contribution in [0.2, 0.25) is 5.02 Å². The van der Waals surface area contributed by atoms with Crippen LogP contribution in [-0.4, -0.2) is 77.3 Å². The van der Waals surface area contributed by atoms with Gasteiger partial charge in [0.05, 0.1) is 39.9 Å². The fourth-order valence-electron chi connectivity index (χ4n) is 7.22. The average molecular weight is 775 g/mol. The minimum Gasteiger partial charge on any atom is -0.388 e. The number of carbonyl (C=O) groups is 3. The first-order valence-electron chi connectivity index (χ1n) is 18.8. The van der Waals surface area contributed by atoms with E-state index >= 15 is 0 Å². The van der Waals surface area contributed by atoms with Gasteiger partial charge < -0.3 is 20.6 Å². The maximum atomic E-state index is 14.0. The number of aryl methyl sites for hydroxylation is 1. The Morgan fingerprint density at radius 2 is 1.70 bits per heavy atom. The van der Waals surface area contributed by atoms with Crippen LogP contribution in [0.3, 0.4) is 0 Å². The molecule has 0 saturated carbocycles. The van der Waals surface area contributed by atoms with Crippen molar-refractivity contribution in [2.45, 2.75) is 57.2 Å². The summed E-state index contributed by atoms with van der Waals surface area (Å²) in [6, 6.07) is 23.6. The van der Waals surface area contributed by atoms with Crippen molar-refractivity contribution in [3.05, 3.63) is 130 Å². The number of hydrogen-bond donors (Lipinski definition) is 3. The molecule has 0 bridgehead atoms. The summed E-state index contributed by atoms with van der Waals surface area (Å²) in [7, 11) is 0. The van der Waals surface area contributed by atoms with Gasteiger partial charge in [0.25, 0.3) is 11.5 Å². The fourth-order valence-corrected chi connectivity index (χ4v) is 7.43. The fraction of sp³-hybridized carbons (Fsp3) is 0.310. The molecule has 3 aromatic heterocycles. The highest BCUT2D eigenvalue weighted by atomic mass is 35.5. The topological polar surface area (TPSA) is 164 Å². The van der Waals surface area contributed by atoms with Gasteiger partial charge in [0.2, 0.25) is 11.8 Å². The number of halogens is 1. The Balaban J connectivity index is 0.936. The molecule has 14 heteroatoms. The maximum Gasteiger partial charge on any atom is 0.261 e. The number of hydrogen-bond acceptors (Lipinski definition) is 8. The number of rotatable bonds is 14. The molecule has 1 fully saturated rings. The molecule has 1 aliphatic rings. The van der Waals surface area contributed by atoms with Gasteiger partial charge in [0.15, 0.2) is 0 Å². The number of aliphatic hydroxyl groups is 1. The van der Waals surface area contributed by atoms with E-state index in [4.69, 9.17) is 11.6 Å². The summed E-state index contributed by atoms with van der Waals surface area (Å²) in [4.78, 5) is 63.5. The monoisotopic (exact) mass is 774 g/mol. The molecular formula is C42H43ClN8O5. The van der Waals surface area contributed by atoms with Crippen LogP contribution in [0.1, 0.15) is 48.0 Å². The highest BCUT2D eigenvalue weighted by Crippen LogP contribution is 2.27. The third-order valence-corrected chi connectivity index (χ3v) is 10.7. The van der Waals surface area contributed by atoms with Crippen LogP contribution < -0.4 is 16.2 Å². The van der Waals surface area contributed by atoms with Gasteiger partial charge in [0, 0.05) is 73.7 Å². The van der Waals surface area contributed by atoms with Gasteiger partial charge in [-0.1, -0.05) is 48.0 Å². The lowest BCUT2D eigenvalue weighted by atomic mass is 9.88. The molecule has 0 spiro atoms. The zero-order chi connectivity index (χ0) is 39.1. The van der Waals surface area contributed by atoms with Crippen molar-refractivity contribution in [1.29, 1.82) is 0 Å². The van der Waals surface area contributed by atoms with E-state index in [1.165, 1.54) is 10.9 Å². The molecule has 1 aliphatic heterocycles. The molecule has 288 valence electrons. The van der Waals surface area contributed by atoms with E-state index in [2.05, 4.69) is 25.7 Å².